The molecule has 5 rings (SSSR count). The van der Waals surface area contributed by atoms with Crippen molar-refractivity contribution in [3.05, 3.63) is 83.4 Å². The van der Waals surface area contributed by atoms with Crippen LogP contribution in [0.1, 0.15) is 18.4 Å². The Morgan fingerprint density at radius 3 is 2.82 bits per heavy atom. The number of benzene rings is 2. The minimum Gasteiger partial charge on any atom is -0.354 e. The summed E-state index contributed by atoms with van der Waals surface area (Å²) < 4.78 is 14.9. The van der Waals surface area contributed by atoms with Gasteiger partial charge in [-0.25, -0.2) is 13.9 Å². The van der Waals surface area contributed by atoms with Crippen LogP contribution in [0.25, 0.3) is 16.8 Å². The number of carbonyl (C=O) groups is 1. The maximum absolute atomic E-state index is 13.1. The van der Waals surface area contributed by atoms with Crippen LogP contribution in [0.5, 0.6) is 0 Å². The van der Waals surface area contributed by atoms with Crippen LogP contribution in [0.3, 0.4) is 0 Å². The highest BCUT2D eigenvalue weighted by Gasteiger charge is 2.27. The Labute approximate surface area is 196 Å². The fraction of sp³-hybridized carbons (Fsp3) is 0.240. The molecule has 6 nitrogen and oxygen atoms in total. The highest BCUT2D eigenvalue weighted by atomic mass is 35.5. The van der Waals surface area contributed by atoms with Gasteiger partial charge in [-0.15, -0.1) is 0 Å². The van der Waals surface area contributed by atoms with Crippen LogP contribution in [0, 0.1) is 11.7 Å². The van der Waals surface area contributed by atoms with Crippen molar-refractivity contribution in [1.29, 1.82) is 0 Å². The second-order valence-electron chi connectivity index (χ2n) is 8.22. The molecule has 1 atom stereocenters. The van der Waals surface area contributed by atoms with Gasteiger partial charge in [-0.1, -0.05) is 41.9 Å². The normalized spacial score (nSPS) is 16.2. The molecule has 0 bridgehead atoms. The maximum atomic E-state index is 13.1. The van der Waals surface area contributed by atoms with Crippen molar-refractivity contribution in [2.75, 3.05) is 18.0 Å². The van der Waals surface area contributed by atoms with Gasteiger partial charge in [0.15, 0.2) is 5.82 Å². The summed E-state index contributed by atoms with van der Waals surface area (Å²) in [7, 11) is 0. The molecule has 0 aliphatic carbocycles. The third-order valence-electron chi connectivity index (χ3n) is 5.99. The van der Waals surface area contributed by atoms with Gasteiger partial charge in [-0.3, -0.25) is 4.79 Å². The molecule has 1 aliphatic rings. The standard InChI is InChI=1S/C25H23ClFN5O/c26-21-6-2-1-5-20(21)22-14-23-24(28-11-13-32(23)30-22)31-12-3-4-18(16-31)25(33)29-15-17-7-9-19(27)10-8-17/h1-2,5-11,13-14,18H,3-4,12,15-16H2,(H,29,33). The van der Waals surface area contributed by atoms with Gasteiger partial charge in [-0.05, 0) is 42.7 Å². The maximum Gasteiger partial charge on any atom is 0.225 e. The Balaban J connectivity index is 1.33. The van der Waals surface area contributed by atoms with Crippen LogP contribution < -0.4 is 10.2 Å². The number of nitrogens with zero attached hydrogens (tertiary/aromatic N) is 4. The van der Waals surface area contributed by atoms with Crippen LogP contribution in [0.4, 0.5) is 10.2 Å². The number of amides is 1. The number of rotatable bonds is 5. The minimum atomic E-state index is -0.285. The van der Waals surface area contributed by atoms with Crippen LogP contribution in [0.2, 0.25) is 5.02 Å². The van der Waals surface area contributed by atoms with Gasteiger partial charge < -0.3 is 10.2 Å². The molecule has 1 unspecified atom stereocenters. The van der Waals surface area contributed by atoms with Gasteiger partial charge in [0, 0.05) is 37.6 Å². The largest absolute Gasteiger partial charge is 0.354 e. The van der Waals surface area contributed by atoms with Crippen molar-refractivity contribution < 1.29 is 9.18 Å². The first kappa shape index (κ1) is 21.4. The topological polar surface area (TPSA) is 62.5 Å². The van der Waals surface area contributed by atoms with Crippen molar-refractivity contribution in [1.82, 2.24) is 19.9 Å². The summed E-state index contributed by atoms with van der Waals surface area (Å²) in [5, 5.41) is 8.32. The molecule has 4 aromatic rings. The summed E-state index contributed by atoms with van der Waals surface area (Å²) in [6, 6.07) is 15.8. The number of aromatic nitrogens is 3. The summed E-state index contributed by atoms with van der Waals surface area (Å²) in [5.41, 5.74) is 3.39. The van der Waals surface area contributed by atoms with E-state index < -0.39 is 0 Å². The summed E-state index contributed by atoms with van der Waals surface area (Å²) in [5.74, 6) is 0.375. The first-order valence-corrected chi connectivity index (χ1v) is 11.3. The lowest BCUT2D eigenvalue weighted by Gasteiger charge is -2.33. The van der Waals surface area contributed by atoms with Crippen molar-refractivity contribution in [3.63, 3.8) is 0 Å². The molecule has 168 valence electrons. The van der Waals surface area contributed by atoms with Gasteiger partial charge in [0.1, 0.15) is 11.3 Å². The number of fused-ring (bicyclic) bond motifs is 1. The van der Waals surface area contributed by atoms with E-state index >= 15 is 0 Å². The summed E-state index contributed by atoms with van der Waals surface area (Å²) in [4.78, 5) is 19.6. The second-order valence-corrected chi connectivity index (χ2v) is 8.63. The predicted octanol–water partition coefficient (Wildman–Crippen LogP) is 4.72. The number of nitrogens with one attached hydrogen (secondary N) is 1. The highest BCUT2D eigenvalue weighted by Crippen LogP contribution is 2.31. The van der Waals surface area contributed by atoms with Crippen molar-refractivity contribution in [3.8, 4) is 11.3 Å². The Morgan fingerprint density at radius 2 is 2.00 bits per heavy atom. The number of carbonyl (C=O) groups excluding carboxylic acids is 1. The second kappa shape index (κ2) is 9.19. The van der Waals surface area contributed by atoms with E-state index in [0.29, 0.717) is 18.1 Å². The van der Waals surface area contributed by atoms with Gasteiger partial charge in [0.2, 0.25) is 5.91 Å². The van der Waals surface area contributed by atoms with Crippen LogP contribution >= 0.6 is 11.6 Å². The first-order valence-electron chi connectivity index (χ1n) is 10.9. The third-order valence-corrected chi connectivity index (χ3v) is 6.32. The van der Waals surface area contributed by atoms with Gasteiger partial charge >= 0.3 is 0 Å². The zero-order valence-electron chi connectivity index (χ0n) is 17.9. The van der Waals surface area contributed by atoms with E-state index in [1.54, 1.807) is 22.8 Å². The number of hydrogen-bond donors (Lipinski definition) is 1. The lowest BCUT2D eigenvalue weighted by atomic mass is 9.97. The summed E-state index contributed by atoms with van der Waals surface area (Å²) in [6.07, 6.45) is 5.25. The van der Waals surface area contributed by atoms with E-state index in [0.717, 1.165) is 47.5 Å². The van der Waals surface area contributed by atoms with E-state index in [9.17, 15) is 9.18 Å². The molecule has 33 heavy (non-hydrogen) atoms. The van der Waals surface area contributed by atoms with Crippen molar-refractivity contribution >= 4 is 28.8 Å². The molecular formula is C25H23ClFN5O. The first-order chi connectivity index (χ1) is 16.1. The molecule has 2 aromatic carbocycles. The fourth-order valence-electron chi connectivity index (χ4n) is 4.27. The van der Waals surface area contributed by atoms with Crippen LogP contribution in [-0.4, -0.2) is 33.6 Å². The SMILES string of the molecule is O=C(NCc1ccc(F)cc1)C1CCCN(c2nccn3nc(-c4ccccc4Cl)cc23)C1. The number of anilines is 1. The molecule has 0 radical (unpaired) electrons. The van der Waals surface area contributed by atoms with Gasteiger partial charge in [-0.2, -0.15) is 5.10 Å². The molecule has 1 aliphatic heterocycles. The van der Waals surface area contributed by atoms with E-state index in [1.807, 2.05) is 36.5 Å². The summed E-state index contributed by atoms with van der Waals surface area (Å²) in [6.45, 7) is 1.78. The zero-order valence-corrected chi connectivity index (χ0v) is 18.7. The van der Waals surface area contributed by atoms with Gasteiger partial charge in [0.25, 0.3) is 0 Å². The Morgan fingerprint density at radius 1 is 1.18 bits per heavy atom. The minimum absolute atomic E-state index is 0.00115. The molecule has 1 N–H and O–H groups in total. The lowest BCUT2D eigenvalue weighted by Crippen LogP contribution is -2.43. The summed E-state index contributed by atoms with van der Waals surface area (Å²) >= 11 is 6.37. The zero-order chi connectivity index (χ0) is 22.8. The Kier molecular flexibility index (Phi) is 5.96. The molecule has 1 fully saturated rings. The molecular weight excluding hydrogens is 441 g/mol. The molecule has 1 amide bonds. The van der Waals surface area contributed by atoms with E-state index in [-0.39, 0.29) is 17.6 Å². The van der Waals surface area contributed by atoms with Crippen molar-refractivity contribution in [2.24, 2.45) is 5.92 Å². The lowest BCUT2D eigenvalue weighted by molar-refractivity contribution is -0.125. The predicted molar refractivity (Wildman–Crippen MR) is 127 cm³/mol. The highest BCUT2D eigenvalue weighted by molar-refractivity contribution is 6.33. The monoisotopic (exact) mass is 463 g/mol. The fourth-order valence-corrected chi connectivity index (χ4v) is 4.50. The average molecular weight is 464 g/mol. The van der Waals surface area contributed by atoms with E-state index in [2.05, 4.69) is 20.3 Å². The van der Waals surface area contributed by atoms with Crippen LogP contribution in [-0.2, 0) is 11.3 Å². The van der Waals surface area contributed by atoms with Crippen LogP contribution in [0.15, 0.2) is 67.0 Å². The number of piperidine rings is 1. The number of hydrogen-bond acceptors (Lipinski definition) is 4. The molecule has 2 aromatic heterocycles. The molecule has 0 saturated carbocycles. The third kappa shape index (κ3) is 4.54. The molecule has 0 spiro atoms. The average Bonchev–Trinajstić information content (AvgIpc) is 3.28. The van der Waals surface area contributed by atoms with Crippen molar-refractivity contribution in [2.45, 2.75) is 19.4 Å². The van der Waals surface area contributed by atoms with E-state index in [4.69, 9.17) is 11.6 Å². The Bertz CT molecular complexity index is 1290. The quantitative estimate of drug-likeness (QED) is 0.465. The molecule has 3 heterocycles. The van der Waals surface area contributed by atoms with Gasteiger partial charge in [0.05, 0.1) is 16.6 Å². The Hall–Kier alpha value is -3.45. The number of halogens is 2. The molecule has 8 heteroatoms. The molecule has 1 saturated heterocycles. The smallest absolute Gasteiger partial charge is 0.225 e. The van der Waals surface area contributed by atoms with E-state index in [1.165, 1.54) is 12.1 Å².